The van der Waals surface area contributed by atoms with Gasteiger partial charge in [0.2, 0.25) is 0 Å². The molecular weight excluding hydrogens is 354 g/mol. The van der Waals surface area contributed by atoms with E-state index in [1.165, 1.54) is 0 Å². The number of aromatic nitrogens is 5. The van der Waals surface area contributed by atoms with Crippen molar-refractivity contribution in [2.75, 3.05) is 0 Å². The lowest BCUT2D eigenvalue weighted by molar-refractivity contribution is 0.641. The first-order chi connectivity index (χ1) is 12.2. The monoisotopic (exact) mass is 367 g/mol. The molecule has 4 rings (SSSR count). The van der Waals surface area contributed by atoms with Gasteiger partial charge in [-0.25, -0.2) is 19.9 Å². The second-order valence-corrected chi connectivity index (χ2v) is 6.87. The Morgan fingerprint density at radius 2 is 1.72 bits per heavy atom. The fourth-order valence-electron chi connectivity index (χ4n) is 2.60. The van der Waals surface area contributed by atoms with E-state index < -0.39 is 0 Å². The summed E-state index contributed by atoms with van der Waals surface area (Å²) in [6.45, 7) is 2.10. The summed E-state index contributed by atoms with van der Waals surface area (Å²) in [4.78, 5) is 17.8. The molecule has 25 heavy (non-hydrogen) atoms. The predicted molar refractivity (Wildman–Crippen MR) is 99.6 cm³/mol. The molecule has 0 bridgehead atoms. The third-order valence-electron chi connectivity index (χ3n) is 3.91. The number of rotatable bonds is 4. The summed E-state index contributed by atoms with van der Waals surface area (Å²) in [5, 5.41) is 3.71. The van der Waals surface area contributed by atoms with Gasteiger partial charge in [-0.2, -0.15) is 0 Å². The average molecular weight is 368 g/mol. The van der Waals surface area contributed by atoms with E-state index >= 15 is 0 Å². The lowest BCUT2D eigenvalue weighted by Crippen LogP contribution is -2.07. The molecule has 0 unspecified atom stereocenters. The van der Waals surface area contributed by atoms with Crippen LogP contribution < -0.4 is 0 Å². The Bertz CT molecular complexity index is 962. The van der Waals surface area contributed by atoms with Crippen LogP contribution in [-0.4, -0.2) is 24.5 Å². The second-order valence-electron chi connectivity index (χ2n) is 5.51. The van der Waals surface area contributed by atoms with Gasteiger partial charge in [-0.1, -0.05) is 11.6 Å². The minimum absolute atomic E-state index is 0.105. The molecule has 0 saturated carbocycles. The van der Waals surface area contributed by atoms with Gasteiger partial charge in [-0.3, -0.25) is 0 Å². The van der Waals surface area contributed by atoms with Crippen LogP contribution in [0.3, 0.4) is 0 Å². The van der Waals surface area contributed by atoms with Crippen LogP contribution in [0.5, 0.6) is 0 Å². The van der Waals surface area contributed by atoms with E-state index in [9.17, 15) is 0 Å². The van der Waals surface area contributed by atoms with Crippen LogP contribution in [0.15, 0.2) is 60.6 Å². The molecule has 5 nitrogen and oxygen atoms in total. The molecule has 4 aromatic rings. The quantitative estimate of drug-likeness (QED) is 0.523. The van der Waals surface area contributed by atoms with E-state index in [4.69, 9.17) is 11.6 Å². The predicted octanol–water partition coefficient (Wildman–Crippen LogP) is 4.73. The maximum absolute atomic E-state index is 5.93. The normalized spacial score (nSPS) is 12.2. The zero-order chi connectivity index (χ0) is 17.2. The fourth-order valence-corrected chi connectivity index (χ4v) is 3.42. The van der Waals surface area contributed by atoms with Gasteiger partial charge in [-0.15, -0.1) is 11.3 Å². The molecule has 0 saturated heterocycles. The van der Waals surface area contributed by atoms with Gasteiger partial charge in [0.05, 0.1) is 11.6 Å². The smallest absolute Gasteiger partial charge is 0.159 e. The Hall–Kier alpha value is -2.57. The molecule has 0 aliphatic rings. The zero-order valence-corrected chi connectivity index (χ0v) is 14.9. The molecule has 1 atom stereocenters. The van der Waals surface area contributed by atoms with Crippen LogP contribution in [0.4, 0.5) is 0 Å². The van der Waals surface area contributed by atoms with Gasteiger partial charge in [-0.05, 0) is 31.2 Å². The van der Waals surface area contributed by atoms with E-state index in [1.54, 1.807) is 29.9 Å². The second kappa shape index (κ2) is 6.74. The maximum atomic E-state index is 5.93. The Morgan fingerprint density at radius 1 is 0.960 bits per heavy atom. The molecule has 7 heteroatoms. The highest BCUT2D eigenvalue weighted by molar-refractivity contribution is 7.09. The van der Waals surface area contributed by atoms with Crippen molar-refractivity contribution < 1.29 is 0 Å². The zero-order valence-electron chi connectivity index (χ0n) is 13.4. The molecule has 0 amide bonds. The van der Waals surface area contributed by atoms with Crippen molar-refractivity contribution >= 4 is 22.9 Å². The summed E-state index contributed by atoms with van der Waals surface area (Å²) in [5.74, 6) is 1.48. The van der Waals surface area contributed by atoms with E-state index in [2.05, 4.69) is 31.4 Å². The molecule has 3 heterocycles. The van der Waals surface area contributed by atoms with Gasteiger partial charge < -0.3 is 4.57 Å². The minimum Gasteiger partial charge on any atom is -0.321 e. The minimum atomic E-state index is 0.105. The number of benzene rings is 1. The first kappa shape index (κ1) is 15.9. The highest BCUT2D eigenvalue weighted by Gasteiger charge is 2.16. The highest BCUT2D eigenvalue weighted by atomic mass is 35.5. The fraction of sp³-hybridized carbons (Fsp3) is 0.111. The standard InChI is InChI=1S/C18H14ClN5S/c1-12(18-21-7-9-25-18)24-8-6-20-17(24)14-10-22-16(23-11-14)13-2-4-15(19)5-3-13/h2-12H,1H3/t12-/m0/s1. The molecule has 124 valence electrons. The number of halogens is 1. The van der Waals surface area contributed by atoms with Crippen LogP contribution in [0, 0.1) is 0 Å². The number of nitrogens with zero attached hydrogens (tertiary/aromatic N) is 5. The Labute approximate surface area is 154 Å². The van der Waals surface area contributed by atoms with E-state index in [-0.39, 0.29) is 6.04 Å². The summed E-state index contributed by atoms with van der Waals surface area (Å²) >= 11 is 7.56. The maximum Gasteiger partial charge on any atom is 0.159 e. The van der Waals surface area contributed by atoms with Crippen molar-refractivity contribution in [3.8, 4) is 22.8 Å². The SMILES string of the molecule is C[C@@H](c1nccs1)n1ccnc1-c1cnc(-c2ccc(Cl)cc2)nc1. The first-order valence-corrected chi connectivity index (χ1v) is 8.99. The molecule has 0 aliphatic heterocycles. The van der Waals surface area contributed by atoms with Crippen molar-refractivity contribution in [2.45, 2.75) is 13.0 Å². The van der Waals surface area contributed by atoms with Crippen LogP contribution in [0.1, 0.15) is 18.0 Å². The average Bonchev–Trinajstić information content (AvgIpc) is 3.34. The molecule has 0 spiro atoms. The number of imidazole rings is 1. The van der Waals surface area contributed by atoms with Gasteiger partial charge in [0.25, 0.3) is 0 Å². The van der Waals surface area contributed by atoms with Gasteiger partial charge in [0.1, 0.15) is 10.8 Å². The molecule has 3 aromatic heterocycles. The number of hydrogen-bond donors (Lipinski definition) is 0. The van der Waals surface area contributed by atoms with Crippen LogP contribution >= 0.6 is 22.9 Å². The van der Waals surface area contributed by atoms with E-state index in [0.29, 0.717) is 10.8 Å². The highest BCUT2D eigenvalue weighted by Crippen LogP contribution is 2.26. The summed E-state index contributed by atoms with van der Waals surface area (Å²) in [7, 11) is 0. The van der Waals surface area contributed by atoms with Crippen LogP contribution in [0.2, 0.25) is 5.02 Å². The van der Waals surface area contributed by atoms with Gasteiger partial charge in [0, 0.05) is 47.0 Å². The van der Waals surface area contributed by atoms with Crippen LogP contribution in [0.25, 0.3) is 22.8 Å². The first-order valence-electron chi connectivity index (χ1n) is 7.73. The lowest BCUT2D eigenvalue weighted by Gasteiger charge is -2.14. The summed E-state index contributed by atoms with van der Waals surface area (Å²) in [6, 6.07) is 7.58. The topological polar surface area (TPSA) is 56.5 Å². The molecular formula is C18H14ClN5S. The van der Waals surface area contributed by atoms with E-state index in [1.807, 2.05) is 42.0 Å². The Kier molecular flexibility index (Phi) is 4.29. The largest absolute Gasteiger partial charge is 0.321 e. The van der Waals surface area contributed by atoms with Gasteiger partial charge >= 0.3 is 0 Å². The van der Waals surface area contributed by atoms with E-state index in [0.717, 1.165) is 22.0 Å². The number of hydrogen-bond acceptors (Lipinski definition) is 5. The van der Waals surface area contributed by atoms with Crippen molar-refractivity contribution in [1.29, 1.82) is 0 Å². The molecule has 0 radical (unpaired) electrons. The Balaban J connectivity index is 1.65. The lowest BCUT2D eigenvalue weighted by atomic mass is 10.2. The molecule has 1 aromatic carbocycles. The Morgan fingerprint density at radius 3 is 2.40 bits per heavy atom. The molecule has 0 aliphatic carbocycles. The summed E-state index contributed by atoms with van der Waals surface area (Å²) in [5.41, 5.74) is 1.79. The molecule has 0 N–H and O–H groups in total. The van der Waals surface area contributed by atoms with Crippen molar-refractivity contribution in [1.82, 2.24) is 24.5 Å². The third-order valence-corrected chi connectivity index (χ3v) is 5.10. The summed E-state index contributed by atoms with van der Waals surface area (Å²) < 4.78 is 2.08. The van der Waals surface area contributed by atoms with Crippen molar-refractivity contribution in [3.63, 3.8) is 0 Å². The summed E-state index contributed by atoms with van der Waals surface area (Å²) in [6.07, 6.45) is 9.15. The van der Waals surface area contributed by atoms with Crippen molar-refractivity contribution in [2.24, 2.45) is 0 Å². The number of thiazole rings is 1. The van der Waals surface area contributed by atoms with Crippen LogP contribution in [-0.2, 0) is 0 Å². The van der Waals surface area contributed by atoms with Gasteiger partial charge in [0.15, 0.2) is 5.82 Å². The third kappa shape index (κ3) is 3.18. The molecule has 0 fully saturated rings. The van der Waals surface area contributed by atoms with Crippen molar-refractivity contribution in [3.05, 3.63) is 70.7 Å².